The number of nitriles is 1. The average molecular weight is 827 g/mol. The van der Waals surface area contributed by atoms with Gasteiger partial charge in [-0.15, -0.1) is 10.2 Å². The number of thiazole rings is 1. The van der Waals surface area contributed by atoms with E-state index in [1.54, 1.807) is 30.0 Å². The van der Waals surface area contributed by atoms with Crippen LogP contribution < -0.4 is 104 Å². The fourth-order valence-corrected chi connectivity index (χ4v) is 7.25. The number of hydrogen-bond acceptors (Lipinski definition) is 17. The van der Waals surface area contributed by atoms with E-state index in [1.165, 1.54) is 17.4 Å². The third kappa shape index (κ3) is 16.5. The minimum Gasteiger partial charge on any atom is -0.748 e. The first kappa shape index (κ1) is 49.2. The molecule has 1 heterocycles. The minimum absolute atomic E-state index is 0. The van der Waals surface area contributed by atoms with Gasteiger partial charge in [0.05, 0.1) is 73.1 Å². The van der Waals surface area contributed by atoms with Crippen LogP contribution in [0.15, 0.2) is 44.3 Å². The van der Waals surface area contributed by atoms with Gasteiger partial charge in [-0.2, -0.15) is 13.9 Å². The molecule has 0 fully saturated rings. The summed E-state index contributed by atoms with van der Waals surface area (Å²) >= 11 is 22.3. The maximum Gasteiger partial charge on any atom is 1.00 e. The Morgan fingerprint density at radius 1 is 0.979 bits per heavy atom. The van der Waals surface area contributed by atoms with Gasteiger partial charge >= 0.3 is 88.7 Å². The van der Waals surface area contributed by atoms with E-state index >= 15 is 0 Å². The third-order valence-corrected chi connectivity index (χ3v) is 9.81. The average Bonchev–Trinajstić information content (AvgIpc) is 3.34. The van der Waals surface area contributed by atoms with Crippen LogP contribution in [0.1, 0.15) is 35.4 Å². The maximum absolute atomic E-state index is 10.9. The standard InChI is InChI=1S/C24H24Cl3N5O9S4.3Na/c1-14-20(11-15-9-16(43-40-38-33)12-17(10-15)44-41-39-34)42-24(29-14)31-30-19-13-18(25)23(22(27)21(19)26)32(7-4-5-28)6-2-3-8-45(35,36)37;;;/h9-10,12-13,33-34H,2-4,6-8,11H2,1H3,(H,35,36,37);;;/q;3*+1/p-3. The summed E-state index contributed by atoms with van der Waals surface area (Å²) < 4.78 is 41.6. The van der Waals surface area contributed by atoms with E-state index in [-0.39, 0.29) is 135 Å². The zero-order chi connectivity index (χ0) is 33.0. The summed E-state index contributed by atoms with van der Waals surface area (Å²) in [6.07, 6.45) is 0.979. The summed E-state index contributed by atoms with van der Waals surface area (Å²) in [5.74, 6) is -0.510. The van der Waals surface area contributed by atoms with Gasteiger partial charge in [0.15, 0.2) is 0 Å². The molecule has 0 radical (unpaired) electrons. The Morgan fingerprint density at radius 2 is 1.60 bits per heavy atom. The second kappa shape index (κ2) is 25.3. The molecule has 0 amide bonds. The fourth-order valence-electron chi connectivity index (χ4n) is 3.87. The molecule has 14 nitrogen and oxygen atoms in total. The summed E-state index contributed by atoms with van der Waals surface area (Å²) in [7, 11) is -4.35. The number of anilines is 1. The third-order valence-electron chi connectivity index (χ3n) is 5.74. The van der Waals surface area contributed by atoms with Gasteiger partial charge in [-0.05, 0) is 49.6 Å². The molecule has 0 unspecified atom stereocenters. The van der Waals surface area contributed by atoms with Crippen molar-refractivity contribution in [1.82, 2.24) is 4.98 Å². The number of aryl methyl sites for hydroxylation is 1. The van der Waals surface area contributed by atoms with Crippen LogP contribution >= 0.6 is 70.2 Å². The van der Waals surface area contributed by atoms with Crippen molar-refractivity contribution in [2.24, 2.45) is 10.2 Å². The fraction of sp³-hybridized carbons (Fsp3) is 0.333. The van der Waals surface area contributed by atoms with Crippen molar-refractivity contribution in [3.8, 4) is 6.07 Å². The van der Waals surface area contributed by atoms with E-state index in [0.29, 0.717) is 63.2 Å². The Kier molecular flexibility index (Phi) is 25.9. The molecule has 0 aliphatic rings. The molecule has 0 aliphatic carbocycles. The van der Waals surface area contributed by atoms with Crippen LogP contribution in [-0.4, -0.2) is 36.8 Å². The Morgan fingerprint density at radius 3 is 2.17 bits per heavy atom. The minimum atomic E-state index is -4.35. The van der Waals surface area contributed by atoms with Crippen molar-refractivity contribution in [2.75, 3.05) is 23.7 Å². The molecule has 3 aromatic rings. The van der Waals surface area contributed by atoms with E-state index in [0.717, 1.165) is 10.4 Å². The quantitative estimate of drug-likeness (QED) is 0.0183. The van der Waals surface area contributed by atoms with Crippen LogP contribution in [0.25, 0.3) is 0 Å². The van der Waals surface area contributed by atoms with Gasteiger partial charge < -0.3 is 20.0 Å². The Labute approximate surface area is 370 Å². The summed E-state index contributed by atoms with van der Waals surface area (Å²) in [4.78, 5) is 7.97. The van der Waals surface area contributed by atoms with Crippen molar-refractivity contribution < 1.29 is 131 Å². The molecule has 0 N–H and O–H groups in total. The van der Waals surface area contributed by atoms with Crippen LogP contribution in [0.5, 0.6) is 0 Å². The Bertz CT molecular complexity index is 1630. The molecule has 0 saturated heterocycles. The van der Waals surface area contributed by atoms with E-state index in [9.17, 15) is 23.5 Å². The van der Waals surface area contributed by atoms with E-state index in [4.69, 9.17) is 40.1 Å². The zero-order valence-electron chi connectivity index (χ0n) is 25.9. The van der Waals surface area contributed by atoms with Gasteiger partial charge in [0.25, 0.3) is 0 Å². The van der Waals surface area contributed by atoms with Crippen LogP contribution in [-0.2, 0) is 35.3 Å². The Balaban J connectivity index is 0.00000736. The van der Waals surface area contributed by atoms with Gasteiger partial charge in [0.1, 0.15) is 5.69 Å². The first-order valence-electron chi connectivity index (χ1n) is 12.5. The van der Waals surface area contributed by atoms with Gasteiger partial charge in [0, 0.05) is 39.9 Å². The molecular formula is C24H21Cl3N5Na3O9S4. The van der Waals surface area contributed by atoms with Crippen molar-refractivity contribution in [3.63, 3.8) is 0 Å². The van der Waals surface area contributed by atoms with Crippen molar-refractivity contribution in [1.29, 1.82) is 5.26 Å². The normalized spacial score (nSPS) is 11.0. The molecule has 48 heavy (non-hydrogen) atoms. The van der Waals surface area contributed by atoms with Gasteiger partial charge in [-0.3, -0.25) is 10.1 Å². The SMILES string of the molecule is Cc1nc(N=Nc2cc(Cl)c(N(CCC#N)CCCCS(=O)(=O)[O-])c(Cl)c2Cl)sc1Cc1cc(SOO[O-])cc(SOO[O-])c1.[Na+].[Na+].[Na+]. The number of hydrogen-bond donors (Lipinski definition) is 0. The molecule has 0 saturated carbocycles. The molecule has 0 spiro atoms. The molecule has 24 heteroatoms. The van der Waals surface area contributed by atoms with E-state index in [1.807, 2.05) is 6.07 Å². The molecule has 2 aromatic carbocycles. The number of benzene rings is 2. The van der Waals surface area contributed by atoms with Gasteiger partial charge in [-0.25, -0.2) is 13.4 Å². The number of unbranched alkanes of at least 4 members (excludes halogenated alkanes) is 1. The smallest absolute Gasteiger partial charge is 0.748 e. The van der Waals surface area contributed by atoms with Crippen molar-refractivity contribution >= 4 is 96.8 Å². The molecule has 0 bridgehead atoms. The van der Waals surface area contributed by atoms with Crippen molar-refractivity contribution in [3.05, 3.63) is 55.5 Å². The molecule has 244 valence electrons. The summed E-state index contributed by atoms with van der Waals surface area (Å²) in [6, 6.07) is 8.56. The summed E-state index contributed by atoms with van der Waals surface area (Å²) in [5, 5.41) is 45.4. The molecule has 0 atom stereocenters. The van der Waals surface area contributed by atoms with Gasteiger partial charge in [0.2, 0.25) is 5.13 Å². The number of nitrogens with zero attached hydrogens (tertiary/aromatic N) is 5. The number of rotatable bonds is 18. The van der Waals surface area contributed by atoms with Crippen LogP contribution in [0.3, 0.4) is 0 Å². The summed E-state index contributed by atoms with van der Waals surface area (Å²) in [6.45, 7) is 2.30. The molecular weight excluding hydrogens is 806 g/mol. The predicted molar refractivity (Wildman–Crippen MR) is 164 cm³/mol. The number of azo groups is 1. The number of aromatic nitrogens is 1. The van der Waals surface area contributed by atoms with E-state index in [2.05, 4.69) is 34.0 Å². The summed E-state index contributed by atoms with van der Waals surface area (Å²) in [5.41, 5.74) is 1.94. The zero-order valence-corrected chi connectivity index (χ0v) is 37.5. The van der Waals surface area contributed by atoms with Crippen LogP contribution in [0, 0.1) is 18.3 Å². The maximum atomic E-state index is 10.9. The Hall–Kier alpha value is 1.20. The van der Waals surface area contributed by atoms with Gasteiger partial charge in [-0.1, -0.05) is 46.1 Å². The number of halogens is 3. The topological polar surface area (TPSA) is 205 Å². The van der Waals surface area contributed by atoms with Crippen LogP contribution in [0.2, 0.25) is 15.1 Å². The predicted octanol–water partition coefficient (Wildman–Crippen LogP) is -3.06. The molecule has 0 aliphatic heterocycles. The first-order chi connectivity index (χ1) is 21.4. The van der Waals surface area contributed by atoms with Crippen molar-refractivity contribution in [2.45, 2.75) is 42.4 Å². The first-order valence-corrected chi connectivity index (χ1v) is 17.5. The van der Waals surface area contributed by atoms with Crippen LogP contribution in [0.4, 0.5) is 16.5 Å². The second-order valence-corrected chi connectivity index (χ2v) is 14.1. The largest absolute Gasteiger partial charge is 1.00 e. The monoisotopic (exact) mass is 825 g/mol. The molecule has 1 aromatic heterocycles. The second-order valence-electron chi connectivity index (χ2n) is 8.85. The van der Waals surface area contributed by atoms with E-state index < -0.39 is 15.9 Å². The molecule has 3 rings (SSSR count).